The van der Waals surface area contributed by atoms with E-state index in [1.807, 2.05) is 24.3 Å². The van der Waals surface area contributed by atoms with Gasteiger partial charge in [-0.3, -0.25) is 18.8 Å². The zero-order chi connectivity index (χ0) is 29.9. The summed E-state index contributed by atoms with van der Waals surface area (Å²) in [7, 11) is 1.45. The molecule has 0 spiro atoms. The number of rotatable bonds is 11. The molecule has 0 unspecified atom stereocenters. The Hall–Kier alpha value is -4.25. The summed E-state index contributed by atoms with van der Waals surface area (Å²) >= 11 is 6.31. The first kappa shape index (κ1) is 29.2. The number of ether oxygens (including phenoxy) is 1. The number of carbonyl (C=O) groups excluding carboxylic acids is 1. The zero-order valence-corrected chi connectivity index (χ0v) is 24.1. The van der Waals surface area contributed by atoms with Gasteiger partial charge in [0.25, 0.3) is 11.5 Å². The van der Waals surface area contributed by atoms with Gasteiger partial charge in [-0.1, -0.05) is 48.0 Å². The number of nitrogens with zero attached hydrogens (tertiary/aromatic N) is 5. The average molecular weight is 590 g/mol. The predicted octanol–water partition coefficient (Wildman–Crippen LogP) is 3.64. The molecule has 11 heteroatoms. The molecular formula is C31H32ClN5O5. The summed E-state index contributed by atoms with van der Waals surface area (Å²) in [5, 5.41) is 29.5. The number of aryl methyl sites for hydroxylation is 1. The summed E-state index contributed by atoms with van der Waals surface area (Å²) in [6, 6.07) is 15.8. The Balaban J connectivity index is 1.34. The Bertz CT molecular complexity index is 1660. The highest BCUT2D eigenvalue weighted by Gasteiger charge is 2.52. The standard InChI is InChI=1S/C31H32ClN5O5/c1-21(6-3-4-15-35-20-24(14-17-38)33-34-35)31(41)26-18-23(32)10-13-27(26)37(30(31)40)19-22-8-11-25(12-9-22)36-16-5-7-28(42-2)29(36)39/h3,5-13,16,18,20-21,38,41H,4,14-15,17,19H2,1-2H3/b6-3+/t21-,31+/m0/s1. The van der Waals surface area contributed by atoms with Gasteiger partial charge in [0.2, 0.25) is 0 Å². The molecule has 2 atom stereocenters. The van der Waals surface area contributed by atoms with Crippen LogP contribution >= 0.6 is 11.6 Å². The quantitative estimate of drug-likeness (QED) is 0.256. The minimum absolute atomic E-state index is 0.0151. The van der Waals surface area contributed by atoms with E-state index < -0.39 is 17.4 Å². The molecular weight excluding hydrogens is 558 g/mol. The monoisotopic (exact) mass is 589 g/mol. The molecule has 218 valence electrons. The molecule has 1 aliphatic rings. The highest BCUT2D eigenvalue weighted by atomic mass is 35.5. The first-order valence-electron chi connectivity index (χ1n) is 13.6. The summed E-state index contributed by atoms with van der Waals surface area (Å²) in [4.78, 5) is 28.1. The second kappa shape index (κ2) is 12.3. The van der Waals surface area contributed by atoms with Crippen LogP contribution in [0.15, 0.2) is 83.9 Å². The molecule has 2 aromatic heterocycles. The lowest BCUT2D eigenvalue weighted by atomic mass is 9.83. The van der Waals surface area contributed by atoms with E-state index in [1.165, 1.54) is 11.7 Å². The fourth-order valence-electron chi connectivity index (χ4n) is 5.18. The van der Waals surface area contributed by atoms with Gasteiger partial charge in [-0.05, 0) is 54.4 Å². The van der Waals surface area contributed by atoms with E-state index in [0.29, 0.717) is 41.3 Å². The van der Waals surface area contributed by atoms with Crippen LogP contribution in [-0.4, -0.2) is 49.4 Å². The van der Waals surface area contributed by atoms with Crippen molar-refractivity contribution in [3.63, 3.8) is 0 Å². The number of benzene rings is 2. The summed E-state index contributed by atoms with van der Waals surface area (Å²) in [5.41, 5.74) is 1.19. The summed E-state index contributed by atoms with van der Waals surface area (Å²) in [5.74, 6) is -0.738. The van der Waals surface area contributed by atoms with Crippen LogP contribution in [0.3, 0.4) is 0 Å². The van der Waals surface area contributed by atoms with Crippen molar-refractivity contribution < 1.29 is 19.7 Å². The van der Waals surface area contributed by atoms with Gasteiger partial charge in [0.1, 0.15) is 0 Å². The Morgan fingerprint density at radius 3 is 2.67 bits per heavy atom. The average Bonchev–Trinajstić information content (AvgIpc) is 3.52. The fourth-order valence-corrected chi connectivity index (χ4v) is 5.35. The molecule has 3 heterocycles. The van der Waals surface area contributed by atoms with Gasteiger partial charge in [0, 0.05) is 54.2 Å². The van der Waals surface area contributed by atoms with Crippen molar-refractivity contribution in [2.24, 2.45) is 5.92 Å². The van der Waals surface area contributed by atoms with E-state index in [9.17, 15) is 14.7 Å². The van der Waals surface area contributed by atoms with Crippen molar-refractivity contribution >= 4 is 23.2 Å². The first-order chi connectivity index (χ1) is 20.3. The second-order valence-electron chi connectivity index (χ2n) is 10.2. The third-order valence-corrected chi connectivity index (χ3v) is 7.72. The number of aliphatic hydroxyl groups excluding tert-OH is 1. The third kappa shape index (κ3) is 5.61. The van der Waals surface area contributed by atoms with Gasteiger partial charge in [-0.15, -0.1) is 5.10 Å². The van der Waals surface area contributed by atoms with Crippen LogP contribution in [0.5, 0.6) is 5.75 Å². The number of aromatic nitrogens is 4. The summed E-state index contributed by atoms with van der Waals surface area (Å²) < 4.78 is 8.33. The molecule has 0 fully saturated rings. The van der Waals surface area contributed by atoms with Crippen LogP contribution in [-0.2, 0) is 29.9 Å². The number of hydrogen-bond donors (Lipinski definition) is 2. The van der Waals surface area contributed by atoms with E-state index in [1.54, 1.807) is 71.4 Å². The van der Waals surface area contributed by atoms with Gasteiger partial charge in [0.05, 0.1) is 25.0 Å². The van der Waals surface area contributed by atoms with Crippen LogP contribution in [0.2, 0.25) is 5.02 Å². The van der Waals surface area contributed by atoms with Crippen LogP contribution in [0.1, 0.15) is 30.2 Å². The Morgan fingerprint density at radius 2 is 1.93 bits per heavy atom. The first-order valence-corrected chi connectivity index (χ1v) is 14.0. The molecule has 1 aliphatic heterocycles. The van der Waals surface area contributed by atoms with E-state index in [4.69, 9.17) is 21.4 Å². The maximum Gasteiger partial charge on any atom is 0.297 e. The third-order valence-electron chi connectivity index (χ3n) is 7.48. The minimum Gasteiger partial charge on any atom is -0.491 e. The normalized spacial score (nSPS) is 17.2. The zero-order valence-electron chi connectivity index (χ0n) is 23.4. The number of hydrogen-bond acceptors (Lipinski definition) is 7. The maximum absolute atomic E-state index is 13.9. The number of methoxy groups -OCH3 is 1. The van der Waals surface area contributed by atoms with Crippen LogP contribution in [0, 0.1) is 5.92 Å². The summed E-state index contributed by atoms with van der Waals surface area (Å²) in [6.45, 7) is 2.61. The van der Waals surface area contributed by atoms with Gasteiger partial charge in [0.15, 0.2) is 11.4 Å². The van der Waals surface area contributed by atoms with Crippen molar-refractivity contribution in [2.45, 2.75) is 38.5 Å². The van der Waals surface area contributed by atoms with Gasteiger partial charge < -0.3 is 19.8 Å². The molecule has 0 aliphatic carbocycles. The molecule has 2 aromatic carbocycles. The molecule has 0 radical (unpaired) electrons. The fraction of sp³-hybridized carbons (Fsp3) is 0.290. The summed E-state index contributed by atoms with van der Waals surface area (Å²) in [6.07, 6.45) is 8.27. The molecule has 1 amide bonds. The van der Waals surface area contributed by atoms with Crippen molar-refractivity contribution in [2.75, 3.05) is 18.6 Å². The number of anilines is 1. The number of amides is 1. The molecule has 2 N–H and O–H groups in total. The van der Waals surface area contributed by atoms with Crippen molar-refractivity contribution in [1.82, 2.24) is 19.6 Å². The van der Waals surface area contributed by atoms with E-state index in [-0.39, 0.29) is 24.5 Å². The highest BCUT2D eigenvalue weighted by Crippen LogP contribution is 2.46. The molecule has 10 nitrogen and oxygen atoms in total. The number of aliphatic hydroxyl groups is 2. The Labute approximate surface area is 248 Å². The van der Waals surface area contributed by atoms with Crippen LogP contribution in [0.25, 0.3) is 5.69 Å². The predicted molar refractivity (Wildman–Crippen MR) is 159 cm³/mol. The van der Waals surface area contributed by atoms with Crippen LogP contribution in [0.4, 0.5) is 5.69 Å². The lowest BCUT2D eigenvalue weighted by Gasteiger charge is -2.27. The number of pyridine rings is 1. The molecule has 5 rings (SSSR count). The van der Waals surface area contributed by atoms with Crippen molar-refractivity contribution in [1.29, 1.82) is 0 Å². The van der Waals surface area contributed by atoms with Crippen molar-refractivity contribution in [3.05, 3.63) is 111 Å². The maximum atomic E-state index is 13.9. The molecule has 4 aromatic rings. The largest absolute Gasteiger partial charge is 0.491 e. The van der Waals surface area contributed by atoms with Crippen LogP contribution < -0.4 is 15.2 Å². The van der Waals surface area contributed by atoms with E-state index in [2.05, 4.69) is 10.3 Å². The van der Waals surface area contributed by atoms with Gasteiger partial charge >= 0.3 is 0 Å². The van der Waals surface area contributed by atoms with Gasteiger partial charge in [-0.25, -0.2) is 0 Å². The number of halogens is 1. The number of fused-ring (bicyclic) bond motifs is 1. The Kier molecular flexibility index (Phi) is 8.58. The van der Waals surface area contributed by atoms with E-state index >= 15 is 0 Å². The molecule has 42 heavy (non-hydrogen) atoms. The smallest absolute Gasteiger partial charge is 0.297 e. The molecule has 0 bridgehead atoms. The number of allylic oxidation sites excluding steroid dienone is 1. The van der Waals surface area contributed by atoms with Crippen molar-refractivity contribution in [3.8, 4) is 11.4 Å². The topological polar surface area (TPSA) is 123 Å². The van der Waals surface area contributed by atoms with E-state index in [0.717, 1.165) is 11.3 Å². The SMILES string of the molecule is COc1cccn(-c2ccc(CN3C(=O)[C@@](O)([C@@H](C)/C=C/CCn4cc(CCO)nn4)c4cc(Cl)ccc43)cc2)c1=O. The minimum atomic E-state index is -1.80. The molecule has 0 saturated carbocycles. The lowest BCUT2D eigenvalue weighted by molar-refractivity contribution is -0.139. The molecule has 0 saturated heterocycles. The second-order valence-corrected chi connectivity index (χ2v) is 10.6. The Morgan fingerprint density at radius 1 is 1.14 bits per heavy atom. The van der Waals surface area contributed by atoms with Gasteiger partial charge in [-0.2, -0.15) is 0 Å². The lowest BCUT2D eigenvalue weighted by Crippen LogP contribution is -2.44. The number of carbonyl (C=O) groups is 1. The highest BCUT2D eigenvalue weighted by molar-refractivity contribution is 6.31.